The molecule has 5 rings (SSSR count). The summed E-state index contributed by atoms with van der Waals surface area (Å²) in [6.45, 7) is 0.445. The number of carbonyl (C=O) groups is 1. The fraction of sp³-hybridized carbons (Fsp3) is 0.120. The quantitative estimate of drug-likeness (QED) is 0.399. The molecule has 0 saturated carbocycles. The van der Waals surface area contributed by atoms with Gasteiger partial charge in [-0.15, -0.1) is 11.3 Å². The normalized spacial score (nSPS) is 11.1. The summed E-state index contributed by atoms with van der Waals surface area (Å²) >= 11 is 1.65. The van der Waals surface area contributed by atoms with Gasteiger partial charge < -0.3 is 5.32 Å². The number of carbonyl (C=O) groups excluding carboxylic acids is 1. The first-order valence-corrected chi connectivity index (χ1v) is 11.2. The molecule has 0 aliphatic carbocycles. The molecule has 6 nitrogen and oxygen atoms in total. The number of amides is 1. The van der Waals surface area contributed by atoms with E-state index in [1.54, 1.807) is 28.3 Å². The number of benzene rings is 3. The van der Waals surface area contributed by atoms with E-state index < -0.39 is 0 Å². The fourth-order valence-electron chi connectivity index (χ4n) is 3.59. The maximum Gasteiger partial charge on any atom is 0.261 e. The van der Waals surface area contributed by atoms with Crippen LogP contribution >= 0.6 is 11.3 Å². The van der Waals surface area contributed by atoms with E-state index in [1.807, 2.05) is 60.7 Å². The highest BCUT2D eigenvalue weighted by Crippen LogP contribution is 2.30. The van der Waals surface area contributed by atoms with Gasteiger partial charge in [-0.25, -0.2) is 9.97 Å². The van der Waals surface area contributed by atoms with Crippen molar-refractivity contribution in [1.82, 2.24) is 14.5 Å². The average molecular weight is 441 g/mol. The van der Waals surface area contributed by atoms with E-state index in [-0.39, 0.29) is 11.5 Å². The largest absolute Gasteiger partial charge is 0.326 e. The molecule has 7 heteroatoms. The van der Waals surface area contributed by atoms with Crippen molar-refractivity contribution in [3.63, 3.8) is 0 Å². The Kier molecular flexibility index (Phi) is 5.47. The smallest absolute Gasteiger partial charge is 0.261 e. The summed E-state index contributed by atoms with van der Waals surface area (Å²) in [4.78, 5) is 33.8. The van der Waals surface area contributed by atoms with Crippen molar-refractivity contribution in [3.05, 3.63) is 89.5 Å². The number of hydrogen-bond acceptors (Lipinski definition) is 5. The first-order chi connectivity index (χ1) is 15.7. The Balaban J connectivity index is 1.18. The number of nitrogens with zero attached hydrogens (tertiary/aromatic N) is 3. The standard InChI is InChI=1S/C25H20N4O2S/c30-23(10-5-15-29-16-26-20-7-2-1-6-19(20)25(29)31)27-18-13-11-17(12-14-18)24-28-21-8-3-4-9-22(21)32-24/h1-4,6-9,11-14,16H,5,10,15H2,(H,27,30). The summed E-state index contributed by atoms with van der Waals surface area (Å²) in [7, 11) is 0. The number of hydrogen-bond donors (Lipinski definition) is 1. The molecule has 0 aliphatic heterocycles. The molecule has 2 aromatic heterocycles. The molecule has 3 aromatic carbocycles. The molecule has 32 heavy (non-hydrogen) atoms. The number of para-hydroxylation sites is 2. The molecule has 0 saturated heterocycles. The SMILES string of the molecule is O=C(CCCn1cnc2ccccc2c1=O)Nc1ccc(-c2nc3ccccc3s2)cc1. The first-order valence-electron chi connectivity index (χ1n) is 10.4. The third kappa shape index (κ3) is 4.15. The molecular formula is C25H20N4O2S. The third-order valence-corrected chi connectivity index (χ3v) is 6.33. The van der Waals surface area contributed by atoms with Crippen LogP contribution in [0.15, 0.2) is 83.9 Å². The van der Waals surface area contributed by atoms with Gasteiger partial charge in [-0.05, 0) is 55.0 Å². The van der Waals surface area contributed by atoms with Gasteiger partial charge in [-0.1, -0.05) is 24.3 Å². The number of nitrogens with one attached hydrogen (secondary N) is 1. The zero-order valence-corrected chi connectivity index (χ0v) is 18.0. The molecule has 0 fully saturated rings. The number of thiazole rings is 1. The number of anilines is 1. The van der Waals surface area contributed by atoms with Gasteiger partial charge in [-0.3, -0.25) is 14.2 Å². The van der Waals surface area contributed by atoms with Gasteiger partial charge in [-0.2, -0.15) is 0 Å². The van der Waals surface area contributed by atoms with Gasteiger partial charge in [0.1, 0.15) is 5.01 Å². The lowest BCUT2D eigenvalue weighted by atomic mass is 10.2. The maximum absolute atomic E-state index is 12.5. The second-order valence-corrected chi connectivity index (χ2v) is 8.51. The van der Waals surface area contributed by atoms with E-state index in [4.69, 9.17) is 0 Å². The number of aryl methyl sites for hydroxylation is 1. The molecule has 0 aliphatic rings. The minimum atomic E-state index is -0.0838. The molecule has 0 unspecified atom stereocenters. The van der Waals surface area contributed by atoms with Crippen molar-refractivity contribution < 1.29 is 4.79 Å². The third-order valence-electron chi connectivity index (χ3n) is 5.24. The highest BCUT2D eigenvalue weighted by atomic mass is 32.1. The summed E-state index contributed by atoms with van der Waals surface area (Å²) in [6.07, 6.45) is 2.41. The van der Waals surface area contributed by atoms with E-state index in [0.29, 0.717) is 30.3 Å². The number of fused-ring (bicyclic) bond motifs is 2. The fourth-order valence-corrected chi connectivity index (χ4v) is 4.56. The summed E-state index contributed by atoms with van der Waals surface area (Å²) in [6, 6.07) is 23.0. The van der Waals surface area contributed by atoms with Crippen LogP contribution in [-0.2, 0) is 11.3 Å². The second-order valence-electron chi connectivity index (χ2n) is 7.48. The molecule has 0 bridgehead atoms. The van der Waals surface area contributed by atoms with Gasteiger partial charge in [0.15, 0.2) is 0 Å². The molecule has 0 radical (unpaired) electrons. The van der Waals surface area contributed by atoms with Crippen molar-refractivity contribution in [1.29, 1.82) is 0 Å². The van der Waals surface area contributed by atoms with Gasteiger partial charge in [0, 0.05) is 24.2 Å². The molecular weight excluding hydrogens is 420 g/mol. The molecule has 2 heterocycles. The lowest BCUT2D eigenvalue weighted by Crippen LogP contribution is -2.21. The van der Waals surface area contributed by atoms with Gasteiger partial charge in [0.2, 0.25) is 5.91 Å². The zero-order valence-electron chi connectivity index (χ0n) is 17.2. The van der Waals surface area contributed by atoms with Crippen LogP contribution in [0.1, 0.15) is 12.8 Å². The molecule has 5 aromatic rings. The van der Waals surface area contributed by atoms with Gasteiger partial charge >= 0.3 is 0 Å². The lowest BCUT2D eigenvalue weighted by molar-refractivity contribution is -0.116. The van der Waals surface area contributed by atoms with Gasteiger partial charge in [0.25, 0.3) is 5.56 Å². The van der Waals surface area contributed by atoms with Crippen molar-refractivity contribution in [2.75, 3.05) is 5.32 Å². The summed E-state index contributed by atoms with van der Waals surface area (Å²) in [5, 5.41) is 4.47. The monoisotopic (exact) mass is 440 g/mol. The van der Waals surface area contributed by atoms with E-state index in [2.05, 4.69) is 21.4 Å². The Labute approximate surface area is 188 Å². The van der Waals surface area contributed by atoms with Crippen LogP contribution in [0.25, 0.3) is 31.7 Å². The summed E-state index contributed by atoms with van der Waals surface area (Å²) in [5.41, 5.74) is 3.35. The molecule has 0 spiro atoms. The van der Waals surface area contributed by atoms with Crippen molar-refractivity contribution >= 4 is 44.1 Å². The Bertz CT molecular complexity index is 1440. The number of aromatic nitrogens is 3. The van der Waals surface area contributed by atoms with Crippen LogP contribution in [0.3, 0.4) is 0 Å². The van der Waals surface area contributed by atoms with Crippen LogP contribution in [0.5, 0.6) is 0 Å². The second kappa shape index (κ2) is 8.72. The van der Waals surface area contributed by atoms with E-state index in [1.165, 1.54) is 0 Å². The average Bonchev–Trinajstić information content (AvgIpc) is 3.25. The highest BCUT2D eigenvalue weighted by Gasteiger charge is 2.08. The molecule has 0 atom stereocenters. The number of rotatable bonds is 6. The molecule has 158 valence electrons. The van der Waals surface area contributed by atoms with Crippen LogP contribution in [-0.4, -0.2) is 20.4 Å². The predicted molar refractivity (Wildman–Crippen MR) is 129 cm³/mol. The topological polar surface area (TPSA) is 76.9 Å². The maximum atomic E-state index is 12.5. The molecule has 1 amide bonds. The van der Waals surface area contributed by atoms with Crippen molar-refractivity contribution in [2.45, 2.75) is 19.4 Å². The Morgan fingerprint density at radius 1 is 0.938 bits per heavy atom. The van der Waals surface area contributed by atoms with E-state index >= 15 is 0 Å². The van der Waals surface area contributed by atoms with Crippen molar-refractivity contribution in [3.8, 4) is 10.6 Å². The van der Waals surface area contributed by atoms with Crippen LogP contribution in [0.2, 0.25) is 0 Å². The van der Waals surface area contributed by atoms with Crippen LogP contribution < -0.4 is 10.9 Å². The predicted octanol–water partition coefficient (Wildman–Crippen LogP) is 5.09. The summed E-state index contributed by atoms with van der Waals surface area (Å²) < 4.78 is 2.71. The highest BCUT2D eigenvalue weighted by molar-refractivity contribution is 7.21. The Morgan fingerprint density at radius 2 is 1.69 bits per heavy atom. The minimum Gasteiger partial charge on any atom is -0.326 e. The van der Waals surface area contributed by atoms with Crippen LogP contribution in [0.4, 0.5) is 5.69 Å². The molecule has 1 N–H and O–H groups in total. The van der Waals surface area contributed by atoms with Crippen LogP contribution in [0, 0.1) is 0 Å². The summed E-state index contributed by atoms with van der Waals surface area (Å²) in [5.74, 6) is -0.0838. The minimum absolute atomic E-state index is 0.0820. The Hall–Kier alpha value is -3.84. The van der Waals surface area contributed by atoms with E-state index in [9.17, 15) is 9.59 Å². The Morgan fingerprint density at radius 3 is 2.50 bits per heavy atom. The zero-order chi connectivity index (χ0) is 21.9. The van der Waals surface area contributed by atoms with E-state index in [0.717, 1.165) is 26.5 Å². The lowest BCUT2D eigenvalue weighted by Gasteiger charge is -2.08. The first kappa shape index (κ1) is 20.1. The van der Waals surface area contributed by atoms with Crippen molar-refractivity contribution in [2.24, 2.45) is 0 Å². The van der Waals surface area contributed by atoms with Gasteiger partial charge in [0.05, 0.1) is 27.4 Å².